The number of hydrogen-bond donors (Lipinski definition) is 3. The Balaban J connectivity index is 2.04. The van der Waals surface area contributed by atoms with Gasteiger partial charge in [0.1, 0.15) is 11.6 Å². The lowest BCUT2D eigenvalue weighted by Gasteiger charge is -2.17. The van der Waals surface area contributed by atoms with Crippen LogP contribution in [0.4, 0.5) is 4.39 Å². The molecule has 0 saturated heterocycles. The van der Waals surface area contributed by atoms with Gasteiger partial charge in [-0.3, -0.25) is 4.79 Å². The Kier molecular flexibility index (Phi) is 5.12. The van der Waals surface area contributed by atoms with Crippen molar-refractivity contribution in [2.45, 2.75) is 19.4 Å². The van der Waals surface area contributed by atoms with Crippen LogP contribution in [0.25, 0.3) is 0 Å². The third-order valence-corrected chi connectivity index (χ3v) is 3.39. The van der Waals surface area contributed by atoms with Gasteiger partial charge in [-0.25, -0.2) is 4.39 Å². The lowest BCUT2D eigenvalue weighted by molar-refractivity contribution is 0.0916. The number of phenols is 1. The molecule has 2 aromatic rings. The Morgan fingerprint density at radius 3 is 2.50 bits per heavy atom. The minimum atomic E-state index is -0.456. The molecule has 0 aromatic heterocycles. The van der Waals surface area contributed by atoms with Crippen LogP contribution in [0.2, 0.25) is 0 Å². The monoisotopic (exact) mass is 303 g/mol. The molecular formula is C17H18FNO3. The normalized spacial score (nSPS) is 12.0. The molecule has 22 heavy (non-hydrogen) atoms. The van der Waals surface area contributed by atoms with E-state index in [4.69, 9.17) is 0 Å². The topological polar surface area (TPSA) is 69.6 Å². The summed E-state index contributed by atoms with van der Waals surface area (Å²) in [5, 5.41) is 21.4. The number of benzene rings is 2. The molecule has 2 aromatic carbocycles. The van der Waals surface area contributed by atoms with Crippen molar-refractivity contribution < 1.29 is 19.4 Å². The van der Waals surface area contributed by atoms with E-state index >= 15 is 0 Å². The van der Waals surface area contributed by atoms with E-state index in [1.54, 1.807) is 31.2 Å². The van der Waals surface area contributed by atoms with Gasteiger partial charge in [-0.2, -0.15) is 0 Å². The van der Waals surface area contributed by atoms with Gasteiger partial charge in [0.25, 0.3) is 5.91 Å². The molecule has 0 saturated carbocycles. The number of aliphatic hydroxyl groups excluding tert-OH is 1. The second-order valence-corrected chi connectivity index (χ2v) is 5.19. The summed E-state index contributed by atoms with van der Waals surface area (Å²) in [5.74, 6) is -0.560. The van der Waals surface area contributed by atoms with E-state index in [-0.39, 0.29) is 24.1 Å². The van der Waals surface area contributed by atoms with E-state index in [2.05, 4.69) is 5.32 Å². The van der Waals surface area contributed by atoms with Crippen molar-refractivity contribution in [3.8, 4) is 5.75 Å². The van der Waals surface area contributed by atoms with Crippen LogP contribution in [0, 0.1) is 12.7 Å². The van der Waals surface area contributed by atoms with E-state index in [0.717, 1.165) is 5.56 Å². The molecule has 0 aliphatic heterocycles. The molecule has 3 N–H and O–H groups in total. The van der Waals surface area contributed by atoms with E-state index in [1.807, 2.05) is 0 Å². The molecule has 0 fully saturated rings. The van der Waals surface area contributed by atoms with Gasteiger partial charge in [-0.05, 0) is 54.8 Å². The Bertz CT molecular complexity index is 655. The SMILES string of the molecule is Cc1cc(C(=O)N[C@H](CO)Cc2ccc(O)cc2)ccc1F. The zero-order valence-electron chi connectivity index (χ0n) is 12.2. The summed E-state index contributed by atoms with van der Waals surface area (Å²) in [6.07, 6.45) is 0.433. The van der Waals surface area contributed by atoms with Crippen LogP contribution in [0.1, 0.15) is 21.5 Å². The zero-order valence-corrected chi connectivity index (χ0v) is 12.2. The van der Waals surface area contributed by atoms with Crippen molar-refractivity contribution in [3.63, 3.8) is 0 Å². The standard InChI is InChI=1S/C17H18FNO3/c1-11-8-13(4-7-16(11)18)17(22)19-14(10-20)9-12-2-5-15(21)6-3-12/h2-8,14,20-21H,9-10H2,1H3,(H,19,22)/t14-/m0/s1. The molecule has 0 aliphatic carbocycles. The maximum atomic E-state index is 13.2. The smallest absolute Gasteiger partial charge is 0.251 e. The highest BCUT2D eigenvalue weighted by molar-refractivity contribution is 5.94. The fourth-order valence-corrected chi connectivity index (χ4v) is 2.13. The number of halogens is 1. The third kappa shape index (κ3) is 4.05. The van der Waals surface area contributed by atoms with Gasteiger partial charge >= 0.3 is 0 Å². The summed E-state index contributed by atoms with van der Waals surface area (Å²) in [5.41, 5.74) is 1.63. The summed E-state index contributed by atoms with van der Waals surface area (Å²) in [7, 11) is 0. The molecule has 0 unspecified atom stereocenters. The summed E-state index contributed by atoms with van der Waals surface area (Å²) < 4.78 is 13.2. The second kappa shape index (κ2) is 7.04. The summed E-state index contributed by atoms with van der Waals surface area (Å²) in [4.78, 5) is 12.1. The molecule has 4 nitrogen and oxygen atoms in total. The van der Waals surface area contributed by atoms with Gasteiger partial charge in [-0.1, -0.05) is 12.1 Å². The minimum Gasteiger partial charge on any atom is -0.508 e. The van der Waals surface area contributed by atoms with Gasteiger partial charge < -0.3 is 15.5 Å². The summed E-state index contributed by atoms with van der Waals surface area (Å²) in [6.45, 7) is 1.37. The quantitative estimate of drug-likeness (QED) is 0.793. The van der Waals surface area contributed by atoms with Crippen molar-refractivity contribution >= 4 is 5.91 Å². The number of amides is 1. The first kappa shape index (κ1) is 16.0. The molecule has 5 heteroatoms. The van der Waals surface area contributed by atoms with Gasteiger partial charge in [-0.15, -0.1) is 0 Å². The largest absolute Gasteiger partial charge is 0.508 e. The highest BCUT2D eigenvalue weighted by atomic mass is 19.1. The Hall–Kier alpha value is -2.40. The lowest BCUT2D eigenvalue weighted by Crippen LogP contribution is -2.39. The zero-order chi connectivity index (χ0) is 16.1. The van der Waals surface area contributed by atoms with E-state index in [0.29, 0.717) is 17.5 Å². The van der Waals surface area contributed by atoms with Gasteiger partial charge in [0, 0.05) is 5.56 Å². The van der Waals surface area contributed by atoms with Crippen LogP contribution in [0.15, 0.2) is 42.5 Å². The van der Waals surface area contributed by atoms with Gasteiger partial charge in [0.2, 0.25) is 0 Å². The first-order valence-electron chi connectivity index (χ1n) is 6.95. The van der Waals surface area contributed by atoms with Gasteiger partial charge in [0.05, 0.1) is 12.6 Å². The van der Waals surface area contributed by atoms with Crippen molar-refractivity contribution in [2.75, 3.05) is 6.61 Å². The number of aliphatic hydroxyl groups is 1. The van der Waals surface area contributed by atoms with Crippen LogP contribution >= 0.6 is 0 Å². The van der Waals surface area contributed by atoms with Crippen molar-refractivity contribution in [1.29, 1.82) is 0 Å². The highest BCUT2D eigenvalue weighted by Gasteiger charge is 2.14. The van der Waals surface area contributed by atoms with Gasteiger partial charge in [0.15, 0.2) is 0 Å². The van der Waals surface area contributed by atoms with Crippen LogP contribution < -0.4 is 5.32 Å². The summed E-state index contributed by atoms with van der Waals surface area (Å²) in [6, 6.07) is 10.2. The van der Waals surface area contributed by atoms with E-state index in [1.165, 1.54) is 18.2 Å². The first-order chi connectivity index (χ1) is 10.5. The number of nitrogens with one attached hydrogen (secondary N) is 1. The average Bonchev–Trinajstić information content (AvgIpc) is 2.51. The highest BCUT2D eigenvalue weighted by Crippen LogP contribution is 2.12. The van der Waals surface area contributed by atoms with Crippen molar-refractivity contribution in [2.24, 2.45) is 0 Å². The van der Waals surface area contributed by atoms with Crippen molar-refractivity contribution in [3.05, 3.63) is 65.0 Å². The molecule has 1 amide bonds. The predicted octanol–water partition coefficient (Wildman–Crippen LogP) is 2.17. The Labute approximate surface area is 128 Å². The molecule has 0 radical (unpaired) electrons. The predicted molar refractivity (Wildman–Crippen MR) is 81.3 cm³/mol. The number of rotatable bonds is 5. The van der Waals surface area contributed by atoms with Crippen LogP contribution in [0.5, 0.6) is 5.75 Å². The van der Waals surface area contributed by atoms with Crippen LogP contribution in [-0.2, 0) is 6.42 Å². The average molecular weight is 303 g/mol. The number of aryl methyl sites for hydroxylation is 1. The second-order valence-electron chi connectivity index (χ2n) is 5.19. The van der Waals surface area contributed by atoms with E-state index in [9.17, 15) is 19.4 Å². The molecule has 1 atom stereocenters. The number of hydrogen-bond acceptors (Lipinski definition) is 3. The molecule has 0 heterocycles. The summed E-state index contributed by atoms with van der Waals surface area (Å²) >= 11 is 0. The number of carbonyl (C=O) groups is 1. The molecular weight excluding hydrogens is 285 g/mol. The van der Waals surface area contributed by atoms with E-state index < -0.39 is 6.04 Å². The third-order valence-electron chi connectivity index (χ3n) is 3.39. The van der Waals surface area contributed by atoms with Crippen LogP contribution in [0.3, 0.4) is 0 Å². The number of phenolic OH excluding ortho intramolecular Hbond substituents is 1. The fraction of sp³-hybridized carbons (Fsp3) is 0.235. The Morgan fingerprint density at radius 2 is 1.91 bits per heavy atom. The molecule has 2 rings (SSSR count). The van der Waals surface area contributed by atoms with Crippen molar-refractivity contribution in [1.82, 2.24) is 5.32 Å². The minimum absolute atomic E-state index is 0.162. The molecule has 0 aliphatic rings. The maximum Gasteiger partial charge on any atom is 0.251 e. The molecule has 116 valence electrons. The Morgan fingerprint density at radius 1 is 1.23 bits per heavy atom. The molecule has 0 spiro atoms. The molecule has 0 bridgehead atoms. The number of carbonyl (C=O) groups excluding carboxylic acids is 1. The number of aromatic hydroxyl groups is 1. The van der Waals surface area contributed by atoms with Crippen LogP contribution in [-0.4, -0.2) is 28.8 Å². The maximum absolute atomic E-state index is 13.2. The first-order valence-corrected chi connectivity index (χ1v) is 6.95. The lowest BCUT2D eigenvalue weighted by atomic mass is 10.1. The fourth-order valence-electron chi connectivity index (χ4n) is 2.13.